The van der Waals surface area contributed by atoms with E-state index in [0.29, 0.717) is 0 Å². The second-order valence-electron chi connectivity index (χ2n) is 3.58. The van der Waals surface area contributed by atoms with Gasteiger partial charge in [0.15, 0.2) is 0 Å². The molecule has 0 unspecified atom stereocenters. The van der Waals surface area contributed by atoms with Gasteiger partial charge in [0.05, 0.1) is 11.6 Å². The first kappa shape index (κ1) is 8.77. The standard InChI is InChI=1S/C13H11N/c1-9-4-3-5-12-7-11(8-14)6-10(2)13(9)12/h3-7H,1-2H3. The third-order valence-corrected chi connectivity index (χ3v) is 2.51. The Labute approximate surface area is 83.6 Å². The number of benzene rings is 2. The van der Waals surface area contributed by atoms with Crippen molar-refractivity contribution in [3.8, 4) is 6.07 Å². The highest BCUT2D eigenvalue weighted by Crippen LogP contribution is 2.23. The lowest BCUT2D eigenvalue weighted by Gasteiger charge is -2.05. The summed E-state index contributed by atoms with van der Waals surface area (Å²) in [4.78, 5) is 0. The molecule has 0 fully saturated rings. The van der Waals surface area contributed by atoms with Crippen LogP contribution in [0.4, 0.5) is 0 Å². The van der Waals surface area contributed by atoms with Crippen LogP contribution >= 0.6 is 0 Å². The summed E-state index contributed by atoms with van der Waals surface area (Å²) in [6.45, 7) is 4.15. The van der Waals surface area contributed by atoms with Crippen LogP contribution in [0, 0.1) is 25.2 Å². The number of hydrogen-bond donors (Lipinski definition) is 0. The van der Waals surface area contributed by atoms with Crippen LogP contribution in [0.25, 0.3) is 10.8 Å². The van der Waals surface area contributed by atoms with Crippen LogP contribution in [0.1, 0.15) is 16.7 Å². The predicted molar refractivity (Wildman–Crippen MR) is 58.1 cm³/mol. The van der Waals surface area contributed by atoms with E-state index >= 15 is 0 Å². The van der Waals surface area contributed by atoms with Crippen molar-refractivity contribution < 1.29 is 0 Å². The Morgan fingerprint density at radius 1 is 1.07 bits per heavy atom. The number of fused-ring (bicyclic) bond motifs is 1. The summed E-state index contributed by atoms with van der Waals surface area (Å²) >= 11 is 0. The minimum absolute atomic E-state index is 0.737. The zero-order valence-electron chi connectivity index (χ0n) is 8.33. The van der Waals surface area contributed by atoms with Gasteiger partial charge in [0.1, 0.15) is 0 Å². The molecule has 0 saturated heterocycles. The molecule has 0 amide bonds. The van der Waals surface area contributed by atoms with Gasteiger partial charge in [0.2, 0.25) is 0 Å². The Bertz CT molecular complexity index is 533. The summed E-state index contributed by atoms with van der Waals surface area (Å²) in [5.41, 5.74) is 3.18. The van der Waals surface area contributed by atoms with E-state index in [0.717, 1.165) is 10.9 Å². The highest BCUT2D eigenvalue weighted by atomic mass is 14.2. The fourth-order valence-electron chi connectivity index (χ4n) is 1.93. The molecule has 2 aromatic carbocycles. The smallest absolute Gasteiger partial charge is 0.0991 e. The minimum atomic E-state index is 0.737. The van der Waals surface area contributed by atoms with Gasteiger partial charge in [0.25, 0.3) is 0 Å². The molecular weight excluding hydrogens is 170 g/mol. The lowest BCUT2D eigenvalue weighted by Crippen LogP contribution is -1.85. The lowest BCUT2D eigenvalue weighted by molar-refractivity contribution is 1.43. The van der Waals surface area contributed by atoms with Crippen LogP contribution in [-0.4, -0.2) is 0 Å². The summed E-state index contributed by atoms with van der Waals surface area (Å²) in [5, 5.41) is 11.3. The highest BCUT2D eigenvalue weighted by molar-refractivity contribution is 5.89. The normalized spacial score (nSPS) is 10.1. The Morgan fingerprint density at radius 3 is 2.57 bits per heavy atom. The Morgan fingerprint density at radius 2 is 1.86 bits per heavy atom. The van der Waals surface area contributed by atoms with Crippen molar-refractivity contribution in [1.82, 2.24) is 0 Å². The molecule has 2 aromatic rings. The molecule has 0 aliphatic carbocycles. The third kappa shape index (κ3) is 1.25. The second kappa shape index (κ2) is 3.16. The van der Waals surface area contributed by atoms with E-state index in [2.05, 4.69) is 32.0 Å². The van der Waals surface area contributed by atoms with Crippen molar-refractivity contribution in [2.45, 2.75) is 13.8 Å². The van der Waals surface area contributed by atoms with Gasteiger partial charge in [-0.15, -0.1) is 0 Å². The zero-order chi connectivity index (χ0) is 10.1. The van der Waals surface area contributed by atoms with Crippen LogP contribution in [0.3, 0.4) is 0 Å². The summed E-state index contributed by atoms with van der Waals surface area (Å²) in [6.07, 6.45) is 0. The van der Waals surface area contributed by atoms with Gasteiger partial charge in [-0.25, -0.2) is 0 Å². The molecule has 1 heteroatoms. The third-order valence-electron chi connectivity index (χ3n) is 2.51. The van der Waals surface area contributed by atoms with Crippen molar-refractivity contribution in [3.05, 3.63) is 47.0 Å². The Hall–Kier alpha value is -1.81. The van der Waals surface area contributed by atoms with Crippen molar-refractivity contribution in [2.75, 3.05) is 0 Å². The van der Waals surface area contributed by atoms with Crippen LogP contribution in [0.15, 0.2) is 30.3 Å². The SMILES string of the molecule is Cc1cccc2cc(C#N)cc(C)c12. The first-order valence-corrected chi connectivity index (χ1v) is 4.62. The van der Waals surface area contributed by atoms with Gasteiger partial charge >= 0.3 is 0 Å². The molecule has 1 nitrogen and oxygen atoms in total. The average Bonchev–Trinajstić information content (AvgIpc) is 2.17. The molecule has 0 bridgehead atoms. The first-order valence-electron chi connectivity index (χ1n) is 4.62. The molecule has 0 radical (unpaired) electrons. The highest BCUT2D eigenvalue weighted by Gasteiger charge is 2.02. The lowest BCUT2D eigenvalue weighted by atomic mass is 9.98. The molecule has 0 N–H and O–H groups in total. The van der Waals surface area contributed by atoms with E-state index in [4.69, 9.17) is 5.26 Å². The van der Waals surface area contributed by atoms with E-state index < -0.39 is 0 Å². The van der Waals surface area contributed by atoms with Crippen LogP contribution in [0.2, 0.25) is 0 Å². The first-order chi connectivity index (χ1) is 6.72. The fraction of sp³-hybridized carbons (Fsp3) is 0.154. The molecule has 0 aliphatic heterocycles. The van der Waals surface area contributed by atoms with E-state index in [-0.39, 0.29) is 0 Å². The fourth-order valence-corrected chi connectivity index (χ4v) is 1.93. The summed E-state index contributed by atoms with van der Waals surface area (Å²) < 4.78 is 0. The summed E-state index contributed by atoms with van der Waals surface area (Å²) in [5.74, 6) is 0. The minimum Gasteiger partial charge on any atom is -0.192 e. The maximum Gasteiger partial charge on any atom is 0.0991 e. The monoisotopic (exact) mass is 181 g/mol. The molecule has 0 saturated carbocycles. The van der Waals surface area contributed by atoms with Gasteiger partial charge < -0.3 is 0 Å². The number of nitriles is 1. The quantitative estimate of drug-likeness (QED) is 0.611. The van der Waals surface area contributed by atoms with Gasteiger partial charge in [-0.3, -0.25) is 0 Å². The molecule has 68 valence electrons. The second-order valence-corrected chi connectivity index (χ2v) is 3.58. The van der Waals surface area contributed by atoms with E-state index in [9.17, 15) is 0 Å². The topological polar surface area (TPSA) is 23.8 Å². The molecular formula is C13H11N. The average molecular weight is 181 g/mol. The Kier molecular flexibility index (Phi) is 1.98. The molecule has 2 rings (SSSR count). The molecule has 0 aromatic heterocycles. The number of hydrogen-bond acceptors (Lipinski definition) is 1. The van der Waals surface area contributed by atoms with Crippen LogP contribution < -0.4 is 0 Å². The molecule has 0 heterocycles. The molecule has 14 heavy (non-hydrogen) atoms. The van der Waals surface area contributed by atoms with Crippen molar-refractivity contribution in [1.29, 1.82) is 5.26 Å². The van der Waals surface area contributed by atoms with Gasteiger partial charge in [-0.1, -0.05) is 18.2 Å². The van der Waals surface area contributed by atoms with Crippen LogP contribution in [-0.2, 0) is 0 Å². The van der Waals surface area contributed by atoms with E-state index in [1.165, 1.54) is 16.5 Å². The van der Waals surface area contributed by atoms with Gasteiger partial charge in [0, 0.05) is 0 Å². The van der Waals surface area contributed by atoms with Gasteiger partial charge in [-0.05, 0) is 47.9 Å². The van der Waals surface area contributed by atoms with Crippen LogP contribution in [0.5, 0.6) is 0 Å². The number of nitrogens with zero attached hydrogens (tertiary/aromatic N) is 1. The van der Waals surface area contributed by atoms with Crippen molar-refractivity contribution in [3.63, 3.8) is 0 Å². The van der Waals surface area contributed by atoms with Crippen molar-refractivity contribution >= 4 is 10.8 Å². The molecule has 0 atom stereocenters. The van der Waals surface area contributed by atoms with E-state index in [1.807, 2.05) is 18.2 Å². The molecule has 0 aliphatic rings. The number of rotatable bonds is 0. The maximum atomic E-state index is 8.84. The largest absolute Gasteiger partial charge is 0.192 e. The number of aryl methyl sites for hydroxylation is 2. The summed E-state index contributed by atoms with van der Waals surface area (Å²) in [7, 11) is 0. The van der Waals surface area contributed by atoms with Crippen molar-refractivity contribution in [2.24, 2.45) is 0 Å². The Balaban J connectivity index is 2.91. The van der Waals surface area contributed by atoms with E-state index in [1.54, 1.807) is 0 Å². The summed E-state index contributed by atoms with van der Waals surface area (Å²) in [6, 6.07) is 12.2. The predicted octanol–water partition coefficient (Wildman–Crippen LogP) is 3.33. The van der Waals surface area contributed by atoms with Gasteiger partial charge in [-0.2, -0.15) is 5.26 Å². The molecule has 0 spiro atoms. The maximum absolute atomic E-state index is 8.84. The zero-order valence-corrected chi connectivity index (χ0v) is 8.33.